The lowest BCUT2D eigenvalue weighted by Crippen LogP contribution is -2.53. The van der Waals surface area contributed by atoms with Crippen LogP contribution < -0.4 is 31.3 Å². The molecule has 14 nitrogen and oxygen atoms in total. The van der Waals surface area contributed by atoms with Gasteiger partial charge in [0, 0.05) is 44.8 Å². The predicted octanol–water partition coefficient (Wildman–Crippen LogP) is 6.61. The average molecular weight is 939 g/mol. The number of nitrogens with one attached hydrogen (secondary N) is 6. The third-order valence-corrected chi connectivity index (χ3v) is 12.4. The number of carbonyl (C=O) groups is 5. The minimum Gasteiger partial charge on any atom is -0.488 e. The number of aliphatic carboxylic acids is 1. The van der Waals surface area contributed by atoms with Gasteiger partial charge in [0.25, 0.3) is 0 Å². The van der Waals surface area contributed by atoms with E-state index in [0.29, 0.717) is 24.3 Å². The van der Waals surface area contributed by atoms with Gasteiger partial charge in [0.2, 0.25) is 17.7 Å². The molecule has 6 rings (SSSR count). The number of carboxylic acid groups (broad SMARTS) is 1. The van der Waals surface area contributed by atoms with Crippen LogP contribution in [0.25, 0.3) is 21.5 Å². The van der Waals surface area contributed by atoms with Gasteiger partial charge in [-0.25, -0.2) is 9.59 Å². The number of rotatable bonds is 27. The van der Waals surface area contributed by atoms with Gasteiger partial charge < -0.3 is 46.6 Å². The second-order valence-electron chi connectivity index (χ2n) is 18.1. The standard InChI is InChI=1S/C55H66N6O8/c1-4-6-7-12-36(3)26-51(62)59-48(30-38-17-21-40-13-8-10-15-42(40)27-38)53(64)61-50(55(67)68-25-5-2)29-37-19-23-46(24-20-37)69-35-44(56)33-57-45-32-47(58-34-45)52(63)60-49(54(65)66)31-39-18-22-41-14-9-11-16-43(41)28-39/h5,8-11,13-24,27-28,36,45,47-50,56-58H,2,4,6-7,12,25-26,29-35H2,1,3H3,(H,59,62)(H,60,63)(H,61,64)(H,65,66). The first kappa shape index (κ1) is 51.5. The first-order chi connectivity index (χ1) is 33.4. The molecule has 6 atom stereocenters. The molecule has 1 aliphatic rings. The van der Waals surface area contributed by atoms with Crippen LogP contribution in [-0.4, -0.2) is 97.0 Å². The van der Waals surface area contributed by atoms with Crippen molar-refractivity contribution in [1.29, 1.82) is 5.41 Å². The maximum absolute atomic E-state index is 14.1. The Morgan fingerprint density at radius 2 is 1.39 bits per heavy atom. The maximum atomic E-state index is 14.1. The summed E-state index contributed by atoms with van der Waals surface area (Å²) < 4.78 is 11.3. The van der Waals surface area contributed by atoms with Crippen LogP contribution in [-0.2, 0) is 48.0 Å². The number of hydrogen-bond donors (Lipinski definition) is 7. The molecule has 7 N–H and O–H groups in total. The molecule has 0 aliphatic carbocycles. The Hall–Kier alpha value is -6.90. The highest BCUT2D eigenvalue weighted by molar-refractivity contribution is 5.92. The molecule has 0 radical (unpaired) electrons. The smallest absolute Gasteiger partial charge is 0.329 e. The largest absolute Gasteiger partial charge is 0.488 e. The molecule has 14 heteroatoms. The number of carboxylic acids is 1. The van der Waals surface area contributed by atoms with Crippen LogP contribution in [0.3, 0.4) is 0 Å². The van der Waals surface area contributed by atoms with Crippen LogP contribution in [0.15, 0.2) is 122 Å². The summed E-state index contributed by atoms with van der Waals surface area (Å²) in [6.45, 7) is 8.47. The van der Waals surface area contributed by atoms with Gasteiger partial charge in [-0.15, -0.1) is 0 Å². The van der Waals surface area contributed by atoms with E-state index in [9.17, 15) is 29.1 Å². The molecule has 1 aliphatic heterocycles. The molecule has 364 valence electrons. The van der Waals surface area contributed by atoms with E-state index in [0.717, 1.165) is 58.4 Å². The number of benzene rings is 5. The van der Waals surface area contributed by atoms with E-state index in [1.807, 2.05) is 91.9 Å². The lowest BCUT2D eigenvalue weighted by molar-refractivity contribution is -0.147. The van der Waals surface area contributed by atoms with Crippen molar-refractivity contribution in [3.8, 4) is 5.75 Å². The number of esters is 1. The zero-order valence-electron chi connectivity index (χ0n) is 39.6. The normalized spacial score (nSPS) is 16.1. The molecule has 5 aromatic rings. The molecule has 1 heterocycles. The summed E-state index contributed by atoms with van der Waals surface area (Å²) in [6.07, 6.45) is 6.77. The van der Waals surface area contributed by atoms with Gasteiger partial charge in [-0.05, 0) is 62.7 Å². The summed E-state index contributed by atoms with van der Waals surface area (Å²) in [4.78, 5) is 66.2. The van der Waals surface area contributed by atoms with Gasteiger partial charge in [0.1, 0.15) is 37.1 Å². The monoisotopic (exact) mass is 938 g/mol. The third-order valence-electron chi connectivity index (χ3n) is 12.4. The van der Waals surface area contributed by atoms with Crippen molar-refractivity contribution >= 4 is 56.9 Å². The van der Waals surface area contributed by atoms with E-state index in [-0.39, 0.29) is 74.9 Å². The second kappa shape index (κ2) is 26.0. The molecule has 3 amide bonds. The van der Waals surface area contributed by atoms with Crippen molar-refractivity contribution in [2.24, 2.45) is 5.92 Å². The van der Waals surface area contributed by atoms with Gasteiger partial charge in [0.05, 0.1) is 11.8 Å². The highest BCUT2D eigenvalue weighted by Crippen LogP contribution is 2.20. The van der Waals surface area contributed by atoms with E-state index >= 15 is 0 Å². The van der Waals surface area contributed by atoms with Gasteiger partial charge in [-0.2, -0.15) is 0 Å². The minimum absolute atomic E-state index is 0.000129. The number of ether oxygens (including phenoxy) is 2. The Kier molecular flexibility index (Phi) is 19.4. The lowest BCUT2D eigenvalue weighted by Gasteiger charge is -2.24. The first-order valence-electron chi connectivity index (χ1n) is 24.0. The number of carbonyl (C=O) groups excluding carboxylic acids is 4. The summed E-state index contributed by atoms with van der Waals surface area (Å²) in [6, 6.07) is 30.6. The fourth-order valence-electron chi connectivity index (χ4n) is 8.54. The topological polar surface area (TPSA) is 208 Å². The molecule has 0 spiro atoms. The number of fused-ring (bicyclic) bond motifs is 2. The number of hydrogen-bond acceptors (Lipinski definition) is 10. The summed E-state index contributed by atoms with van der Waals surface area (Å²) in [5.41, 5.74) is 2.66. The zero-order valence-corrected chi connectivity index (χ0v) is 39.6. The van der Waals surface area contributed by atoms with Gasteiger partial charge in [-0.1, -0.05) is 149 Å². The molecular formula is C55H66N6O8. The van der Waals surface area contributed by atoms with Crippen molar-refractivity contribution in [3.63, 3.8) is 0 Å². The number of unbranched alkanes of at least 4 members (excludes halogenated alkanes) is 2. The van der Waals surface area contributed by atoms with Crippen molar-refractivity contribution in [2.75, 3.05) is 26.3 Å². The molecule has 69 heavy (non-hydrogen) atoms. The quantitative estimate of drug-likeness (QED) is 0.0130. The van der Waals surface area contributed by atoms with Crippen LogP contribution in [0.4, 0.5) is 0 Å². The summed E-state index contributed by atoms with van der Waals surface area (Å²) in [7, 11) is 0. The van der Waals surface area contributed by atoms with Gasteiger partial charge in [0.15, 0.2) is 0 Å². The third kappa shape index (κ3) is 16.1. The molecule has 1 fully saturated rings. The predicted molar refractivity (Wildman–Crippen MR) is 269 cm³/mol. The molecule has 0 saturated carbocycles. The summed E-state index contributed by atoms with van der Waals surface area (Å²) in [5, 5.41) is 37.5. The minimum atomic E-state index is -1.11. The van der Waals surface area contributed by atoms with Crippen molar-refractivity contribution in [1.82, 2.24) is 26.6 Å². The van der Waals surface area contributed by atoms with E-state index in [2.05, 4.69) is 40.1 Å². The van der Waals surface area contributed by atoms with Crippen LogP contribution in [0.1, 0.15) is 69.1 Å². The van der Waals surface area contributed by atoms with Gasteiger partial charge in [-0.3, -0.25) is 14.4 Å². The van der Waals surface area contributed by atoms with Crippen molar-refractivity contribution in [2.45, 2.75) is 102 Å². The van der Waals surface area contributed by atoms with E-state index in [4.69, 9.17) is 14.9 Å². The summed E-state index contributed by atoms with van der Waals surface area (Å²) in [5.74, 6) is -2.23. The molecule has 1 saturated heterocycles. The Bertz CT molecular complexity index is 2560. The Morgan fingerprint density at radius 1 is 0.783 bits per heavy atom. The fraction of sp³-hybridized carbons (Fsp3) is 0.382. The molecular weight excluding hydrogens is 873 g/mol. The number of amides is 3. The Morgan fingerprint density at radius 3 is 2.01 bits per heavy atom. The van der Waals surface area contributed by atoms with E-state index in [1.165, 1.54) is 6.08 Å². The summed E-state index contributed by atoms with van der Waals surface area (Å²) >= 11 is 0. The van der Waals surface area contributed by atoms with Crippen molar-refractivity contribution < 1.29 is 38.6 Å². The molecule has 0 aromatic heterocycles. The van der Waals surface area contributed by atoms with Crippen molar-refractivity contribution in [3.05, 3.63) is 139 Å². The molecule has 6 unspecified atom stereocenters. The Balaban J connectivity index is 0.991. The average Bonchev–Trinajstić information content (AvgIpc) is 3.83. The first-order valence-corrected chi connectivity index (χ1v) is 24.0. The maximum Gasteiger partial charge on any atom is 0.329 e. The fourth-order valence-corrected chi connectivity index (χ4v) is 8.54. The van der Waals surface area contributed by atoms with Crippen LogP contribution in [0.2, 0.25) is 0 Å². The lowest BCUT2D eigenvalue weighted by atomic mass is 9.98. The van der Waals surface area contributed by atoms with E-state index < -0.39 is 42.0 Å². The SMILES string of the molecule is C=CCOC(=O)C(Cc1ccc(OCC(=N)CNC2CNC(C(=O)NC(Cc3ccc4ccccc4c3)C(=O)O)C2)cc1)NC(=O)C(Cc1ccc2ccccc2c1)NC(=O)CC(C)CCCCC. The molecule has 0 bridgehead atoms. The van der Waals surface area contributed by atoms with Crippen LogP contribution in [0.5, 0.6) is 5.75 Å². The van der Waals surface area contributed by atoms with Gasteiger partial charge >= 0.3 is 11.9 Å². The Labute approximate surface area is 404 Å². The highest BCUT2D eigenvalue weighted by Gasteiger charge is 2.32. The van der Waals surface area contributed by atoms with Crippen LogP contribution >= 0.6 is 0 Å². The van der Waals surface area contributed by atoms with E-state index in [1.54, 1.807) is 24.3 Å². The van der Waals surface area contributed by atoms with Crippen LogP contribution in [0, 0.1) is 11.3 Å². The highest BCUT2D eigenvalue weighted by atomic mass is 16.5. The second-order valence-corrected chi connectivity index (χ2v) is 18.1. The molecule has 5 aromatic carbocycles. The zero-order chi connectivity index (χ0) is 49.1.